The van der Waals surface area contributed by atoms with Crippen LogP contribution in [0.1, 0.15) is 206 Å². The van der Waals surface area contributed by atoms with Crippen LogP contribution in [0.4, 0.5) is 0 Å². The van der Waals surface area contributed by atoms with Gasteiger partial charge in [0.25, 0.3) is 0 Å². The number of carboxylic acids is 2. The van der Waals surface area contributed by atoms with Crippen LogP contribution >= 0.6 is 11.8 Å². The third-order valence-electron chi connectivity index (χ3n) is 8.67. The highest BCUT2D eigenvalue weighted by Crippen LogP contribution is 2.40. The lowest BCUT2D eigenvalue weighted by molar-refractivity contribution is -0.138. The van der Waals surface area contributed by atoms with Crippen molar-refractivity contribution < 1.29 is 19.8 Å². The molecule has 0 aromatic carbocycles. The smallest absolute Gasteiger partial charge is 0.304 e. The average molecular weight is 599 g/mol. The van der Waals surface area contributed by atoms with Crippen molar-refractivity contribution in [1.82, 2.24) is 0 Å². The summed E-state index contributed by atoms with van der Waals surface area (Å²) in [5, 5.41) is 18.9. The minimum atomic E-state index is -0.788. The summed E-state index contributed by atoms with van der Waals surface area (Å²) in [6.45, 7) is 4.54. The van der Waals surface area contributed by atoms with Gasteiger partial charge in [-0.15, -0.1) is 0 Å². The maximum absolute atomic E-state index is 11.9. The van der Waals surface area contributed by atoms with Crippen LogP contribution in [0.15, 0.2) is 0 Å². The van der Waals surface area contributed by atoms with E-state index in [0.717, 1.165) is 38.5 Å². The lowest BCUT2D eigenvalue weighted by atomic mass is 9.90. The Morgan fingerprint density at radius 1 is 0.463 bits per heavy atom. The van der Waals surface area contributed by atoms with Crippen LogP contribution in [0.5, 0.6) is 0 Å². The van der Waals surface area contributed by atoms with E-state index in [2.05, 4.69) is 13.8 Å². The second-order valence-corrected chi connectivity index (χ2v) is 14.3. The lowest BCUT2D eigenvalue weighted by Gasteiger charge is -2.32. The van der Waals surface area contributed by atoms with Gasteiger partial charge in [0.1, 0.15) is 0 Å². The fraction of sp³-hybridized carbons (Fsp3) is 0.944. The standard InChI is InChI=1S/C36H70O4S/c1-3-5-7-9-11-13-15-17-19-21-23-25-27-30-36(33-35(39)40,41-32-29-34(37)38)31-28-26-24-22-20-18-16-14-12-10-8-6-4-2/h3-33H2,1-2H3,(H,37,38)(H,39,40). The van der Waals surface area contributed by atoms with Crippen molar-refractivity contribution in [3.05, 3.63) is 0 Å². The zero-order chi connectivity index (χ0) is 30.3. The molecule has 4 nitrogen and oxygen atoms in total. The van der Waals surface area contributed by atoms with Gasteiger partial charge in [-0.3, -0.25) is 9.59 Å². The van der Waals surface area contributed by atoms with E-state index in [4.69, 9.17) is 5.11 Å². The quantitative estimate of drug-likeness (QED) is 0.0721. The molecule has 0 unspecified atom stereocenters. The molecular formula is C36H70O4S. The first-order valence-electron chi connectivity index (χ1n) is 18.0. The van der Waals surface area contributed by atoms with Gasteiger partial charge in [-0.1, -0.05) is 181 Å². The Labute approximate surface area is 260 Å². The zero-order valence-corrected chi connectivity index (χ0v) is 28.4. The van der Waals surface area contributed by atoms with Gasteiger partial charge in [0.2, 0.25) is 0 Å². The molecule has 0 saturated heterocycles. The molecule has 0 aromatic heterocycles. The number of hydrogen-bond acceptors (Lipinski definition) is 3. The number of aliphatic carboxylic acids is 2. The van der Waals surface area contributed by atoms with Gasteiger partial charge in [0, 0.05) is 10.5 Å². The van der Waals surface area contributed by atoms with Gasteiger partial charge >= 0.3 is 11.9 Å². The van der Waals surface area contributed by atoms with Crippen LogP contribution in [-0.4, -0.2) is 32.7 Å². The van der Waals surface area contributed by atoms with E-state index in [1.54, 1.807) is 11.8 Å². The molecule has 0 rings (SSSR count). The second-order valence-electron chi connectivity index (χ2n) is 12.7. The molecule has 0 fully saturated rings. The molecule has 0 atom stereocenters. The number of carbonyl (C=O) groups is 2. The molecule has 5 heteroatoms. The second kappa shape index (κ2) is 30.7. The summed E-state index contributed by atoms with van der Waals surface area (Å²) in [6.07, 6.45) is 36.2. The van der Waals surface area contributed by atoms with Crippen molar-refractivity contribution in [1.29, 1.82) is 0 Å². The summed E-state index contributed by atoms with van der Waals surface area (Å²) in [7, 11) is 0. The molecule has 0 bridgehead atoms. The molecule has 0 spiro atoms. The topological polar surface area (TPSA) is 74.6 Å². The molecule has 0 aliphatic rings. The molecule has 244 valence electrons. The Morgan fingerprint density at radius 3 is 1.02 bits per heavy atom. The van der Waals surface area contributed by atoms with Crippen LogP contribution in [0.2, 0.25) is 0 Å². The third-order valence-corrected chi connectivity index (χ3v) is 10.2. The van der Waals surface area contributed by atoms with E-state index in [9.17, 15) is 14.7 Å². The monoisotopic (exact) mass is 598 g/mol. The van der Waals surface area contributed by atoms with Crippen molar-refractivity contribution in [3.8, 4) is 0 Å². The Bertz CT molecular complexity index is 550. The predicted molar refractivity (Wildman–Crippen MR) is 180 cm³/mol. The van der Waals surface area contributed by atoms with E-state index in [-0.39, 0.29) is 17.6 Å². The first-order valence-corrected chi connectivity index (χ1v) is 19.0. The normalized spacial score (nSPS) is 11.8. The molecule has 0 aliphatic heterocycles. The highest BCUT2D eigenvalue weighted by Gasteiger charge is 2.32. The van der Waals surface area contributed by atoms with Crippen LogP contribution in [-0.2, 0) is 9.59 Å². The minimum Gasteiger partial charge on any atom is -0.481 e. The van der Waals surface area contributed by atoms with Crippen molar-refractivity contribution >= 4 is 23.7 Å². The number of carboxylic acid groups (broad SMARTS) is 2. The first kappa shape index (κ1) is 40.3. The zero-order valence-electron chi connectivity index (χ0n) is 27.5. The molecule has 2 N–H and O–H groups in total. The Hall–Kier alpha value is -0.710. The van der Waals surface area contributed by atoms with Gasteiger partial charge < -0.3 is 10.2 Å². The molecule has 0 radical (unpaired) electrons. The summed E-state index contributed by atoms with van der Waals surface area (Å²) in [5.74, 6) is -1.01. The van der Waals surface area contributed by atoms with Crippen molar-refractivity contribution in [2.24, 2.45) is 0 Å². The van der Waals surface area contributed by atoms with Crippen LogP contribution in [0, 0.1) is 0 Å². The largest absolute Gasteiger partial charge is 0.481 e. The molecule has 0 saturated carbocycles. The number of hydrogen-bond donors (Lipinski definition) is 2. The lowest BCUT2D eigenvalue weighted by Crippen LogP contribution is -2.29. The van der Waals surface area contributed by atoms with Gasteiger partial charge in [-0.25, -0.2) is 0 Å². The molecule has 41 heavy (non-hydrogen) atoms. The van der Waals surface area contributed by atoms with Crippen molar-refractivity contribution in [3.63, 3.8) is 0 Å². The fourth-order valence-electron chi connectivity index (χ4n) is 6.06. The molecule has 0 amide bonds. The third kappa shape index (κ3) is 29.2. The van der Waals surface area contributed by atoms with Gasteiger partial charge in [-0.2, -0.15) is 11.8 Å². The van der Waals surface area contributed by atoms with Crippen LogP contribution < -0.4 is 0 Å². The Kier molecular flexibility index (Phi) is 30.2. The Morgan fingerprint density at radius 2 is 0.756 bits per heavy atom. The van der Waals surface area contributed by atoms with Crippen LogP contribution in [0.3, 0.4) is 0 Å². The van der Waals surface area contributed by atoms with Gasteiger partial charge in [-0.05, 0) is 12.8 Å². The number of rotatable bonds is 34. The predicted octanol–water partition coefficient (Wildman–Crippen LogP) is 12.4. The highest BCUT2D eigenvalue weighted by molar-refractivity contribution is 8.00. The van der Waals surface area contributed by atoms with E-state index in [1.165, 1.54) is 141 Å². The molecule has 0 aliphatic carbocycles. The van der Waals surface area contributed by atoms with Gasteiger partial charge in [0.05, 0.1) is 12.8 Å². The number of unbranched alkanes of at least 4 members (excludes halogenated alkanes) is 24. The van der Waals surface area contributed by atoms with E-state index < -0.39 is 11.9 Å². The summed E-state index contributed by atoms with van der Waals surface area (Å²) in [5.41, 5.74) is 0. The molecular weight excluding hydrogens is 528 g/mol. The highest BCUT2D eigenvalue weighted by atomic mass is 32.2. The van der Waals surface area contributed by atoms with E-state index in [0.29, 0.717) is 5.75 Å². The fourth-order valence-corrected chi connectivity index (χ4v) is 7.57. The first-order chi connectivity index (χ1) is 20.0. The minimum absolute atomic E-state index is 0.114. The number of thioether (sulfide) groups is 1. The van der Waals surface area contributed by atoms with Crippen molar-refractivity contribution in [2.75, 3.05) is 5.75 Å². The average Bonchev–Trinajstić information content (AvgIpc) is 2.93. The summed E-state index contributed by atoms with van der Waals surface area (Å²) in [6, 6.07) is 0. The maximum atomic E-state index is 11.9. The molecule has 0 heterocycles. The van der Waals surface area contributed by atoms with E-state index >= 15 is 0 Å². The maximum Gasteiger partial charge on any atom is 0.304 e. The summed E-state index contributed by atoms with van der Waals surface area (Å²) < 4.78 is -0.309. The van der Waals surface area contributed by atoms with Gasteiger partial charge in [0.15, 0.2) is 0 Å². The Balaban J connectivity index is 4.25. The SMILES string of the molecule is CCCCCCCCCCCCCCCC(CCCCCCCCCCCCCCC)(CC(=O)O)SCCC(=O)O. The molecule has 0 aromatic rings. The van der Waals surface area contributed by atoms with Crippen molar-refractivity contribution in [2.45, 2.75) is 211 Å². The summed E-state index contributed by atoms with van der Waals surface area (Å²) >= 11 is 1.63. The van der Waals surface area contributed by atoms with Crippen LogP contribution in [0.25, 0.3) is 0 Å². The summed E-state index contributed by atoms with van der Waals surface area (Å²) in [4.78, 5) is 23.0. The van der Waals surface area contributed by atoms with E-state index in [1.807, 2.05) is 0 Å².